The number of nitrogens with zero attached hydrogens (tertiary/aromatic N) is 6. The van der Waals surface area contributed by atoms with Gasteiger partial charge < -0.3 is 15.0 Å². The molecule has 1 unspecified atom stereocenters. The van der Waals surface area contributed by atoms with Gasteiger partial charge >= 0.3 is 0 Å². The average molecular weight is 578 g/mol. The summed E-state index contributed by atoms with van der Waals surface area (Å²) in [6.07, 6.45) is 3.44. The number of rotatable bonds is 6. The average Bonchev–Trinajstić information content (AvgIpc) is 3.27. The maximum atomic E-state index is 13.4. The third-order valence-electron chi connectivity index (χ3n) is 6.20. The molecule has 1 aliphatic heterocycles. The van der Waals surface area contributed by atoms with Crippen molar-refractivity contribution in [3.8, 4) is 11.1 Å². The highest BCUT2D eigenvalue weighted by Crippen LogP contribution is 2.27. The molecule has 4 aromatic rings. The number of ether oxygens (including phenoxy) is 1. The molecule has 0 saturated carbocycles. The van der Waals surface area contributed by atoms with Crippen molar-refractivity contribution in [1.29, 1.82) is 0 Å². The molecular formula is C26H24BrN7O4. The first-order valence-corrected chi connectivity index (χ1v) is 12.7. The first kappa shape index (κ1) is 25.6. The smallest absolute Gasteiger partial charge is 0.250 e. The molecule has 2 amide bonds. The Morgan fingerprint density at radius 2 is 1.92 bits per heavy atom. The van der Waals surface area contributed by atoms with Crippen LogP contribution in [0, 0.1) is 6.92 Å². The van der Waals surface area contributed by atoms with Crippen molar-refractivity contribution < 1.29 is 19.1 Å². The Hall–Kier alpha value is -4.03. The van der Waals surface area contributed by atoms with Crippen molar-refractivity contribution in [2.24, 2.45) is 0 Å². The Morgan fingerprint density at radius 3 is 2.66 bits per heavy atom. The normalized spacial score (nSPS) is 15.4. The highest BCUT2D eigenvalue weighted by molar-refractivity contribution is 9.10. The molecule has 0 aliphatic carbocycles. The van der Waals surface area contributed by atoms with E-state index >= 15 is 0 Å². The van der Waals surface area contributed by atoms with Gasteiger partial charge in [0.25, 0.3) is 5.91 Å². The summed E-state index contributed by atoms with van der Waals surface area (Å²) in [4.78, 5) is 53.1. The van der Waals surface area contributed by atoms with E-state index in [1.165, 1.54) is 16.5 Å². The molecule has 0 bridgehead atoms. The second kappa shape index (κ2) is 10.8. The summed E-state index contributed by atoms with van der Waals surface area (Å²) in [5.74, 6) is 0.0908. The van der Waals surface area contributed by atoms with E-state index in [4.69, 9.17) is 4.74 Å². The molecule has 1 aromatic carbocycles. The van der Waals surface area contributed by atoms with E-state index in [0.717, 1.165) is 11.1 Å². The molecule has 4 heterocycles. The number of hydrogen-bond acceptors (Lipinski definition) is 8. The van der Waals surface area contributed by atoms with Crippen LogP contribution in [0.25, 0.3) is 22.0 Å². The summed E-state index contributed by atoms with van der Waals surface area (Å²) in [5, 5.41) is 7.83. The summed E-state index contributed by atoms with van der Waals surface area (Å²) in [5.41, 5.74) is 2.53. The zero-order chi connectivity index (χ0) is 26.8. The van der Waals surface area contributed by atoms with Gasteiger partial charge in [-0.05, 0) is 52.7 Å². The summed E-state index contributed by atoms with van der Waals surface area (Å²) in [6, 6.07) is 9.87. The van der Waals surface area contributed by atoms with Crippen LogP contribution in [0.4, 0.5) is 5.82 Å². The lowest BCUT2D eigenvalue weighted by Gasteiger charge is -2.34. The zero-order valence-electron chi connectivity index (χ0n) is 20.7. The summed E-state index contributed by atoms with van der Waals surface area (Å²) in [6.45, 7) is 3.72. The lowest BCUT2D eigenvalue weighted by atomic mass is 10.0. The molecule has 1 aliphatic rings. The summed E-state index contributed by atoms with van der Waals surface area (Å²) in [7, 11) is 0. The van der Waals surface area contributed by atoms with Crippen LogP contribution in [0.2, 0.25) is 0 Å². The fourth-order valence-corrected chi connectivity index (χ4v) is 4.65. The predicted octanol–water partition coefficient (Wildman–Crippen LogP) is 3.03. The van der Waals surface area contributed by atoms with E-state index in [9.17, 15) is 14.4 Å². The number of nitrogens with one attached hydrogen (secondary N) is 1. The Labute approximate surface area is 226 Å². The highest BCUT2D eigenvalue weighted by Gasteiger charge is 2.33. The number of hydrogen-bond donors (Lipinski definition) is 1. The van der Waals surface area contributed by atoms with Gasteiger partial charge in [0, 0.05) is 36.8 Å². The number of anilines is 1. The standard InChI is InChI=1S/C26H24BrN7O4/c1-15(35)25-19-10-17(18-11-28-16(2)29-12-18)6-7-20(19)34(32-25)13-24(36)33-8-9-38-14-21(33)26(37)31-23-5-3-4-22(27)30-23/h3-7,10-12,21H,8-9,13-14H2,1-2H3,(H,30,31,37). The number of aromatic nitrogens is 5. The quantitative estimate of drug-likeness (QED) is 0.273. The molecule has 5 rings (SSSR count). The molecule has 0 radical (unpaired) electrons. The molecule has 12 heteroatoms. The molecule has 1 N–H and O–H groups in total. The van der Waals surface area contributed by atoms with Gasteiger partial charge in [-0.3, -0.25) is 19.1 Å². The van der Waals surface area contributed by atoms with Crippen molar-refractivity contribution in [2.45, 2.75) is 26.4 Å². The molecule has 3 aromatic heterocycles. The summed E-state index contributed by atoms with van der Waals surface area (Å²) >= 11 is 3.28. The molecule has 1 fully saturated rings. The number of morpholine rings is 1. The van der Waals surface area contributed by atoms with Gasteiger partial charge in [0.1, 0.15) is 34.5 Å². The predicted molar refractivity (Wildman–Crippen MR) is 142 cm³/mol. The van der Waals surface area contributed by atoms with Crippen LogP contribution < -0.4 is 5.32 Å². The first-order chi connectivity index (χ1) is 18.3. The number of aryl methyl sites for hydroxylation is 1. The molecule has 11 nitrogen and oxygen atoms in total. The van der Waals surface area contributed by atoms with Gasteiger partial charge in [-0.2, -0.15) is 5.10 Å². The second-order valence-corrected chi connectivity index (χ2v) is 9.64. The van der Waals surface area contributed by atoms with Crippen molar-refractivity contribution in [2.75, 3.05) is 25.1 Å². The fraction of sp³-hybridized carbons (Fsp3) is 0.269. The number of ketones is 1. The maximum absolute atomic E-state index is 13.4. The van der Waals surface area contributed by atoms with E-state index in [1.54, 1.807) is 30.6 Å². The lowest BCUT2D eigenvalue weighted by molar-refractivity contribution is -0.146. The number of pyridine rings is 1. The Morgan fingerprint density at radius 1 is 1.13 bits per heavy atom. The number of benzene rings is 1. The third-order valence-corrected chi connectivity index (χ3v) is 6.64. The van der Waals surface area contributed by atoms with Crippen molar-refractivity contribution in [3.63, 3.8) is 0 Å². The number of carbonyl (C=O) groups excluding carboxylic acids is 3. The Bertz CT molecular complexity index is 1540. The second-order valence-electron chi connectivity index (χ2n) is 8.83. The van der Waals surface area contributed by atoms with Crippen LogP contribution in [0.1, 0.15) is 23.2 Å². The van der Waals surface area contributed by atoms with E-state index in [1.807, 2.05) is 25.1 Å². The lowest BCUT2D eigenvalue weighted by Crippen LogP contribution is -2.55. The number of fused-ring (bicyclic) bond motifs is 1. The molecule has 1 atom stereocenters. The Balaban J connectivity index is 1.40. The van der Waals surface area contributed by atoms with Gasteiger partial charge in [0.2, 0.25) is 5.91 Å². The number of carbonyl (C=O) groups is 3. The van der Waals surface area contributed by atoms with Crippen LogP contribution in [0.15, 0.2) is 53.4 Å². The highest BCUT2D eigenvalue weighted by atomic mass is 79.9. The van der Waals surface area contributed by atoms with Crippen LogP contribution in [-0.2, 0) is 20.9 Å². The third kappa shape index (κ3) is 5.31. The number of halogens is 1. The van der Waals surface area contributed by atoms with E-state index in [-0.39, 0.29) is 37.1 Å². The SMILES string of the molecule is CC(=O)c1nn(CC(=O)N2CCOCC2C(=O)Nc2cccc(Br)n2)c2ccc(-c3cnc(C)nc3)cc12. The van der Waals surface area contributed by atoms with Crippen molar-refractivity contribution >= 4 is 50.2 Å². The zero-order valence-corrected chi connectivity index (χ0v) is 22.3. The van der Waals surface area contributed by atoms with Gasteiger partial charge in [-0.1, -0.05) is 12.1 Å². The molecule has 1 saturated heterocycles. The summed E-state index contributed by atoms with van der Waals surface area (Å²) < 4.78 is 7.58. The fourth-order valence-electron chi connectivity index (χ4n) is 4.31. The minimum absolute atomic E-state index is 0.0616. The minimum Gasteiger partial charge on any atom is -0.377 e. The van der Waals surface area contributed by atoms with Crippen LogP contribution in [0.5, 0.6) is 0 Å². The van der Waals surface area contributed by atoms with Gasteiger partial charge in [-0.25, -0.2) is 15.0 Å². The molecular weight excluding hydrogens is 554 g/mol. The topological polar surface area (TPSA) is 132 Å². The minimum atomic E-state index is -0.834. The molecule has 38 heavy (non-hydrogen) atoms. The monoisotopic (exact) mass is 577 g/mol. The van der Waals surface area contributed by atoms with E-state index in [2.05, 4.69) is 41.3 Å². The number of Topliss-reactive ketones (excluding diaryl/α,β-unsaturated/α-hetero) is 1. The van der Waals surface area contributed by atoms with Crippen LogP contribution >= 0.6 is 15.9 Å². The van der Waals surface area contributed by atoms with Crippen molar-refractivity contribution in [3.05, 3.63) is 64.9 Å². The maximum Gasteiger partial charge on any atom is 0.250 e. The molecule has 194 valence electrons. The van der Waals surface area contributed by atoms with Crippen LogP contribution in [-0.4, -0.2) is 73.0 Å². The van der Waals surface area contributed by atoms with Gasteiger partial charge in [-0.15, -0.1) is 0 Å². The van der Waals surface area contributed by atoms with E-state index in [0.29, 0.717) is 33.8 Å². The van der Waals surface area contributed by atoms with Gasteiger partial charge in [0.05, 0.1) is 18.7 Å². The number of amides is 2. The van der Waals surface area contributed by atoms with E-state index < -0.39 is 11.9 Å². The van der Waals surface area contributed by atoms with Crippen molar-refractivity contribution in [1.82, 2.24) is 29.6 Å². The first-order valence-electron chi connectivity index (χ1n) is 11.9. The largest absolute Gasteiger partial charge is 0.377 e. The Kier molecular flexibility index (Phi) is 7.25. The molecule has 0 spiro atoms. The van der Waals surface area contributed by atoms with Crippen LogP contribution in [0.3, 0.4) is 0 Å². The van der Waals surface area contributed by atoms with Gasteiger partial charge in [0.15, 0.2) is 5.78 Å².